The van der Waals surface area contributed by atoms with Crippen LogP contribution in [0.3, 0.4) is 0 Å². The molecule has 0 aliphatic rings. The van der Waals surface area contributed by atoms with Crippen LogP contribution in [0.5, 0.6) is 0 Å². The highest BCUT2D eigenvalue weighted by Crippen LogP contribution is 2.24. The summed E-state index contributed by atoms with van der Waals surface area (Å²) < 4.78 is 10.0. The summed E-state index contributed by atoms with van der Waals surface area (Å²) in [5.41, 5.74) is 0. The molecule has 0 saturated carbocycles. The molecule has 0 radical (unpaired) electrons. The van der Waals surface area contributed by atoms with Gasteiger partial charge in [0.05, 0.1) is 26.6 Å². The van der Waals surface area contributed by atoms with Gasteiger partial charge in [0.1, 0.15) is 11.8 Å². The molecule has 0 saturated heterocycles. The van der Waals surface area contributed by atoms with Crippen LogP contribution in [-0.2, 0) is 33.4 Å². The predicted octanol–water partition coefficient (Wildman–Crippen LogP) is 13.5. The van der Waals surface area contributed by atoms with Crippen molar-refractivity contribution in [2.24, 2.45) is 17.8 Å². The van der Waals surface area contributed by atoms with Gasteiger partial charge in [-0.15, -0.1) is 0 Å². The fourth-order valence-electron chi connectivity index (χ4n) is 8.32. The van der Waals surface area contributed by atoms with Gasteiger partial charge in [-0.1, -0.05) is 189 Å². The molecule has 9 heteroatoms. The third-order valence-electron chi connectivity index (χ3n) is 12.7. The van der Waals surface area contributed by atoms with Crippen LogP contribution < -0.4 is 10.6 Å². The zero-order valence-electron chi connectivity index (χ0n) is 40.8. The van der Waals surface area contributed by atoms with Gasteiger partial charge in [0.2, 0.25) is 11.8 Å². The average molecular weight is 863 g/mol. The van der Waals surface area contributed by atoms with Crippen LogP contribution in [0.4, 0.5) is 0 Å². The summed E-state index contributed by atoms with van der Waals surface area (Å²) >= 11 is 0. The number of hydrogen-bond donors (Lipinski definition) is 2. The first-order chi connectivity index (χ1) is 29.7. The van der Waals surface area contributed by atoms with Crippen molar-refractivity contribution in [2.75, 3.05) is 20.3 Å². The quantitative estimate of drug-likeness (QED) is 0.0461. The minimum atomic E-state index is -0.585. The predicted molar refractivity (Wildman–Crippen MR) is 253 cm³/mol. The fourth-order valence-corrected chi connectivity index (χ4v) is 8.32. The summed E-state index contributed by atoms with van der Waals surface area (Å²) in [6, 6.07) is -0.585. The smallest absolute Gasteiger partial charge is 0.306 e. The number of esters is 2. The monoisotopic (exact) mass is 863 g/mol. The molecule has 358 valence electrons. The molecule has 4 atom stereocenters. The molecule has 0 aromatic heterocycles. The number of Topliss-reactive ketones (excluding diaryl/α,β-unsaturated/α-hetero) is 1. The van der Waals surface area contributed by atoms with Gasteiger partial charge in [0, 0.05) is 24.8 Å². The Morgan fingerprint density at radius 3 is 1.41 bits per heavy atom. The highest BCUT2D eigenvalue weighted by Gasteiger charge is 2.25. The highest BCUT2D eigenvalue weighted by molar-refractivity contribution is 5.88. The molecule has 0 aliphatic carbocycles. The maximum Gasteiger partial charge on any atom is 0.306 e. The molecule has 61 heavy (non-hydrogen) atoms. The van der Waals surface area contributed by atoms with E-state index in [0.717, 1.165) is 116 Å². The van der Waals surface area contributed by atoms with E-state index >= 15 is 0 Å². The number of methoxy groups -OCH3 is 1. The van der Waals surface area contributed by atoms with Gasteiger partial charge >= 0.3 is 11.9 Å². The van der Waals surface area contributed by atoms with Crippen molar-refractivity contribution in [3.05, 3.63) is 0 Å². The Morgan fingerprint density at radius 1 is 0.443 bits per heavy atom. The number of amides is 2. The molecule has 0 fully saturated rings. The number of ether oxygens (including phenoxy) is 2. The van der Waals surface area contributed by atoms with Crippen molar-refractivity contribution in [1.82, 2.24) is 10.6 Å². The molecule has 2 N–H and O–H groups in total. The molecule has 3 unspecified atom stereocenters. The Balaban J connectivity index is 5.40. The van der Waals surface area contributed by atoms with Crippen molar-refractivity contribution in [3.8, 4) is 0 Å². The molecule has 0 aromatic rings. The highest BCUT2D eigenvalue weighted by atomic mass is 16.5. The van der Waals surface area contributed by atoms with Gasteiger partial charge in [-0.2, -0.15) is 0 Å². The number of rotatable bonds is 45. The fraction of sp³-hybridized carbons (Fsp3) is 0.904. The Morgan fingerprint density at radius 2 is 0.885 bits per heavy atom. The maximum atomic E-state index is 13.9. The van der Waals surface area contributed by atoms with Gasteiger partial charge in [-0.25, -0.2) is 0 Å². The molecular weight excluding hydrogens is 765 g/mol. The first kappa shape index (κ1) is 58.6. The lowest BCUT2D eigenvalue weighted by Crippen LogP contribution is -2.48. The number of ketones is 1. The number of unbranched alkanes of at least 4 members (excludes halogenated alkanes) is 19. The van der Waals surface area contributed by atoms with Crippen LogP contribution in [0.2, 0.25) is 0 Å². The molecule has 0 aromatic carbocycles. The SMILES string of the molecule is CCCCCCCCC(CCCCCC)C(=O)CCCCC[C@H](NC(=O)C(CCCCCC)CCCCCCCC)C(=O)NCCCCC(CC)COC(=O)CCC(=O)OC. The summed E-state index contributed by atoms with van der Waals surface area (Å²) in [5, 5.41) is 6.37. The lowest BCUT2D eigenvalue weighted by atomic mass is 9.88. The lowest BCUT2D eigenvalue weighted by Gasteiger charge is -2.23. The summed E-state index contributed by atoms with van der Waals surface area (Å²) in [6.07, 6.45) is 34.8. The van der Waals surface area contributed by atoms with E-state index in [9.17, 15) is 24.0 Å². The van der Waals surface area contributed by atoms with E-state index in [1.807, 2.05) is 0 Å². The van der Waals surface area contributed by atoms with Gasteiger partial charge in [-0.05, 0) is 57.3 Å². The number of carbonyl (C=O) groups is 5. The Bertz CT molecular complexity index is 1080. The Kier molecular flexibility index (Phi) is 41.1. The second-order valence-electron chi connectivity index (χ2n) is 18.2. The van der Waals surface area contributed by atoms with Crippen molar-refractivity contribution < 1.29 is 33.4 Å². The summed E-state index contributed by atoms with van der Waals surface area (Å²) in [4.78, 5) is 64.6. The van der Waals surface area contributed by atoms with E-state index in [-0.39, 0.29) is 42.4 Å². The van der Waals surface area contributed by atoms with Crippen LogP contribution >= 0.6 is 0 Å². The molecular formula is C52H98N2O7. The first-order valence-electron chi connectivity index (χ1n) is 26.0. The second-order valence-corrected chi connectivity index (χ2v) is 18.2. The molecule has 0 bridgehead atoms. The minimum absolute atomic E-state index is 0.0165. The van der Waals surface area contributed by atoms with Gasteiger partial charge in [-0.3, -0.25) is 24.0 Å². The number of hydrogen-bond acceptors (Lipinski definition) is 7. The molecule has 9 nitrogen and oxygen atoms in total. The van der Waals surface area contributed by atoms with Gasteiger partial charge in [0.15, 0.2) is 0 Å². The third-order valence-corrected chi connectivity index (χ3v) is 12.7. The summed E-state index contributed by atoms with van der Waals surface area (Å²) in [7, 11) is 1.30. The maximum absolute atomic E-state index is 13.9. The largest absolute Gasteiger partial charge is 0.469 e. The number of nitrogens with one attached hydrogen (secondary N) is 2. The van der Waals surface area contributed by atoms with E-state index < -0.39 is 18.0 Å². The van der Waals surface area contributed by atoms with Crippen LogP contribution in [0.15, 0.2) is 0 Å². The minimum Gasteiger partial charge on any atom is -0.469 e. The molecule has 2 amide bonds. The zero-order valence-corrected chi connectivity index (χ0v) is 40.8. The normalized spacial score (nSPS) is 13.3. The van der Waals surface area contributed by atoms with Crippen LogP contribution in [0.25, 0.3) is 0 Å². The second kappa shape index (κ2) is 42.8. The van der Waals surface area contributed by atoms with E-state index in [1.54, 1.807) is 0 Å². The van der Waals surface area contributed by atoms with Crippen LogP contribution in [-0.4, -0.2) is 55.8 Å². The molecule has 0 heterocycles. The van der Waals surface area contributed by atoms with Gasteiger partial charge in [0.25, 0.3) is 0 Å². The molecule has 0 spiro atoms. The summed E-state index contributed by atoms with van der Waals surface area (Å²) in [6.45, 7) is 11.8. The van der Waals surface area contributed by atoms with Crippen molar-refractivity contribution in [2.45, 2.75) is 265 Å². The van der Waals surface area contributed by atoms with Crippen molar-refractivity contribution >= 4 is 29.5 Å². The molecule has 0 aliphatic heterocycles. The summed E-state index contributed by atoms with van der Waals surface area (Å²) in [5.74, 6) is -0.166. The Labute approximate surface area is 375 Å². The van der Waals surface area contributed by atoms with E-state index in [2.05, 4.69) is 50.0 Å². The molecule has 0 rings (SSSR count). The number of carbonyl (C=O) groups excluding carboxylic acids is 5. The van der Waals surface area contributed by atoms with Crippen LogP contribution in [0.1, 0.15) is 259 Å². The lowest BCUT2D eigenvalue weighted by molar-refractivity contribution is -0.149. The first-order valence-corrected chi connectivity index (χ1v) is 26.0. The third kappa shape index (κ3) is 34.7. The van der Waals surface area contributed by atoms with E-state index in [1.165, 1.54) is 90.6 Å². The zero-order chi connectivity index (χ0) is 45.2. The van der Waals surface area contributed by atoms with Crippen molar-refractivity contribution in [3.63, 3.8) is 0 Å². The topological polar surface area (TPSA) is 128 Å². The Hall–Kier alpha value is -2.45. The van der Waals surface area contributed by atoms with Crippen LogP contribution in [0, 0.1) is 17.8 Å². The van der Waals surface area contributed by atoms with Gasteiger partial charge < -0.3 is 20.1 Å². The van der Waals surface area contributed by atoms with Crippen molar-refractivity contribution in [1.29, 1.82) is 0 Å². The van der Waals surface area contributed by atoms with E-state index in [0.29, 0.717) is 31.8 Å². The standard InChI is InChI=1S/C52H98N2O7/c1-7-12-16-20-22-27-35-45(34-25-18-14-9-3)48(55)39-30-24-29-38-47(54-51(58)46(36-26-19-15-10-4)37-28-23-21-17-13-8-2)52(59)53-42-32-31-33-44(11-5)43-61-50(57)41-40-49(56)60-6/h44-47H,7-43H2,1-6H3,(H,53,59)(H,54,58)/t44?,45?,46?,47-/m0/s1. The average Bonchev–Trinajstić information content (AvgIpc) is 3.26. The van der Waals surface area contributed by atoms with E-state index in [4.69, 9.17) is 4.74 Å².